The molecule has 0 fully saturated rings. The molecule has 3 N–H and O–H groups in total. The molecule has 0 amide bonds. The maximum Gasteiger partial charge on any atom is 0.116 e. The first-order chi connectivity index (χ1) is 12.1. The van der Waals surface area contributed by atoms with Gasteiger partial charge in [-0.1, -0.05) is 23.7 Å². The van der Waals surface area contributed by atoms with Gasteiger partial charge in [0.1, 0.15) is 5.75 Å². The van der Waals surface area contributed by atoms with Gasteiger partial charge in [0.15, 0.2) is 0 Å². The van der Waals surface area contributed by atoms with Gasteiger partial charge in [0.05, 0.1) is 21.8 Å². The van der Waals surface area contributed by atoms with Crippen LogP contribution < -0.4 is 16.3 Å². The van der Waals surface area contributed by atoms with Gasteiger partial charge >= 0.3 is 0 Å². The number of fused-ring (bicyclic) bond motifs is 5. The first-order valence-corrected chi connectivity index (χ1v) is 8.18. The molecule has 25 heavy (non-hydrogen) atoms. The highest BCUT2D eigenvalue weighted by Crippen LogP contribution is 2.38. The van der Waals surface area contributed by atoms with Gasteiger partial charge in [0, 0.05) is 39.9 Å². The number of hydrogen-bond donors (Lipinski definition) is 2. The minimum atomic E-state index is 0.220. The number of nitrogens with zero attached hydrogens (tertiary/aromatic N) is 2. The fourth-order valence-electron chi connectivity index (χ4n) is 3.47. The van der Waals surface area contributed by atoms with Crippen molar-refractivity contribution in [3.8, 4) is 28.0 Å². The Morgan fingerprint density at radius 1 is 1.00 bits per heavy atom. The van der Waals surface area contributed by atoms with Gasteiger partial charge in [0.25, 0.3) is 0 Å². The van der Waals surface area contributed by atoms with Crippen molar-refractivity contribution in [3.05, 3.63) is 63.6 Å². The Kier molecular flexibility index (Phi) is 2.82. The number of aliphatic imine (C=N–C) groups is 1. The summed E-state index contributed by atoms with van der Waals surface area (Å²) in [6, 6.07) is 12.8. The number of hydrogen-bond acceptors (Lipinski definition) is 4. The van der Waals surface area contributed by atoms with Gasteiger partial charge in [0.2, 0.25) is 0 Å². The molecule has 0 unspecified atom stereocenters. The molecule has 2 aliphatic rings. The van der Waals surface area contributed by atoms with E-state index in [0.29, 0.717) is 10.7 Å². The number of nitrogen functional groups attached to an aromatic ring is 1. The van der Waals surface area contributed by atoms with Crippen LogP contribution in [0.1, 0.15) is 5.56 Å². The first kappa shape index (κ1) is 14.3. The van der Waals surface area contributed by atoms with Crippen molar-refractivity contribution >= 4 is 35.4 Å². The number of rotatable bonds is 1. The highest BCUT2D eigenvalue weighted by molar-refractivity contribution is 6.35. The quantitative estimate of drug-likeness (QED) is 0.519. The van der Waals surface area contributed by atoms with Crippen LogP contribution in [0.2, 0.25) is 5.02 Å². The highest BCUT2D eigenvalue weighted by atomic mass is 35.5. The molecular weight excluding hydrogens is 334 g/mol. The average molecular weight is 346 g/mol. The maximum atomic E-state index is 9.86. The molecular formula is C20H12ClN3O. The zero-order valence-corrected chi connectivity index (χ0v) is 13.7. The van der Waals surface area contributed by atoms with Crippen molar-refractivity contribution in [3.63, 3.8) is 0 Å². The van der Waals surface area contributed by atoms with E-state index in [2.05, 4.69) is 4.99 Å². The van der Waals surface area contributed by atoms with E-state index in [4.69, 9.17) is 22.3 Å². The van der Waals surface area contributed by atoms with Crippen LogP contribution in [0, 0.1) is 0 Å². The van der Waals surface area contributed by atoms with Gasteiger partial charge in [-0.25, -0.2) is 4.99 Å². The summed E-state index contributed by atoms with van der Waals surface area (Å²) in [6.45, 7) is 0. The lowest BCUT2D eigenvalue weighted by atomic mass is 9.93. The Labute approximate surface area is 148 Å². The van der Waals surface area contributed by atoms with Crippen LogP contribution in [0.5, 0.6) is 5.75 Å². The predicted octanol–water partition coefficient (Wildman–Crippen LogP) is 3.40. The molecule has 5 heteroatoms. The summed E-state index contributed by atoms with van der Waals surface area (Å²) < 4.78 is 0. The van der Waals surface area contributed by atoms with Gasteiger partial charge in [-0.2, -0.15) is 0 Å². The molecule has 3 aromatic rings. The molecule has 0 aliphatic carbocycles. The smallest absolute Gasteiger partial charge is 0.116 e. The van der Waals surface area contributed by atoms with Crippen LogP contribution in [0.3, 0.4) is 0 Å². The van der Waals surface area contributed by atoms with Crippen molar-refractivity contribution in [1.29, 1.82) is 0 Å². The Morgan fingerprint density at radius 2 is 1.88 bits per heavy atom. The summed E-state index contributed by atoms with van der Waals surface area (Å²) in [4.78, 5) is 9.04. The molecule has 0 radical (unpaired) electrons. The van der Waals surface area contributed by atoms with Crippen molar-refractivity contribution < 1.29 is 5.11 Å². The molecule has 2 aliphatic heterocycles. The third kappa shape index (κ3) is 1.95. The standard InChI is InChI=1S/C20H12ClN3O/c21-20-11(2-1-3-16(20)22)12-7-18-19(15-9-23-8-14(12)15)13-6-10(25)4-5-17(13)24-18/h1-9,25H,22H2. The lowest BCUT2D eigenvalue weighted by Crippen LogP contribution is -2.18. The monoisotopic (exact) mass is 345 g/mol. The molecule has 0 saturated heterocycles. The summed E-state index contributed by atoms with van der Waals surface area (Å²) in [5.74, 6) is 0.220. The molecule has 0 atom stereocenters. The zero-order chi connectivity index (χ0) is 17.1. The molecule has 5 rings (SSSR count). The minimum absolute atomic E-state index is 0.220. The van der Waals surface area contributed by atoms with Crippen molar-refractivity contribution in [2.75, 3.05) is 5.73 Å². The Bertz CT molecular complexity index is 1230. The van der Waals surface area contributed by atoms with Crippen LogP contribution >= 0.6 is 11.6 Å². The molecule has 4 nitrogen and oxygen atoms in total. The number of halogens is 1. The van der Waals surface area contributed by atoms with Gasteiger partial charge in [-0.15, -0.1) is 0 Å². The van der Waals surface area contributed by atoms with Crippen LogP contribution in [0.25, 0.3) is 28.5 Å². The maximum absolute atomic E-state index is 9.86. The molecule has 0 saturated carbocycles. The Balaban J connectivity index is 1.88. The summed E-state index contributed by atoms with van der Waals surface area (Å²) in [6.07, 6.45) is 3.65. The van der Waals surface area contributed by atoms with Crippen molar-refractivity contribution in [2.45, 2.75) is 0 Å². The zero-order valence-electron chi connectivity index (χ0n) is 13.0. The number of aromatic hydroxyl groups is 1. The number of nitrogens with two attached hydrogens (primary N) is 1. The number of phenolic OH excluding ortho intramolecular Hbond substituents is 1. The van der Waals surface area contributed by atoms with E-state index in [1.807, 2.05) is 36.7 Å². The molecule has 3 aromatic carbocycles. The lowest BCUT2D eigenvalue weighted by molar-refractivity contribution is 0.475. The molecule has 0 spiro atoms. The van der Waals surface area contributed by atoms with E-state index in [-0.39, 0.29) is 5.75 Å². The SMILES string of the molecule is Nc1cccc(-c2cc3c(c4c2=CN=C4)-c2cc(O)ccc2N=3)c1Cl. The van der Waals surface area contributed by atoms with Gasteiger partial charge in [-0.3, -0.25) is 4.99 Å². The molecule has 120 valence electrons. The third-order valence-electron chi connectivity index (χ3n) is 4.60. The predicted molar refractivity (Wildman–Crippen MR) is 101 cm³/mol. The van der Waals surface area contributed by atoms with Crippen LogP contribution in [-0.2, 0) is 0 Å². The van der Waals surface area contributed by atoms with E-state index in [0.717, 1.165) is 44.1 Å². The normalized spacial score (nSPS) is 13.0. The van der Waals surface area contributed by atoms with E-state index < -0.39 is 0 Å². The van der Waals surface area contributed by atoms with Crippen molar-refractivity contribution in [1.82, 2.24) is 0 Å². The lowest BCUT2D eigenvalue weighted by Gasteiger charge is -2.10. The molecule has 2 heterocycles. The second-order valence-electron chi connectivity index (χ2n) is 6.07. The first-order valence-electron chi connectivity index (χ1n) is 7.80. The van der Waals surface area contributed by atoms with Crippen molar-refractivity contribution in [2.24, 2.45) is 9.98 Å². The second kappa shape index (κ2) is 4.94. The summed E-state index contributed by atoms with van der Waals surface area (Å²) in [7, 11) is 0. The number of anilines is 1. The van der Waals surface area contributed by atoms with Gasteiger partial charge < -0.3 is 10.8 Å². The highest BCUT2D eigenvalue weighted by Gasteiger charge is 2.22. The van der Waals surface area contributed by atoms with E-state index >= 15 is 0 Å². The van der Waals surface area contributed by atoms with Gasteiger partial charge in [-0.05, 0) is 35.9 Å². The van der Waals surface area contributed by atoms with Crippen LogP contribution in [-0.4, -0.2) is 11.3 Å². The topological polar surface area (TPSA) is 71.0 Å². The Morgan fingerprint density at radius 3 is 2.76 bits per heavy atom. The average Bonchev–Trinajstić information content (AvgIpc) is 3.20. The summed E-state index contributed by atoms with van der Waals surface area (Å²) >= 11 is 6.45. The largest absolute Gasteiger partial charge is 0.508 e. The minimum Gasteiger partial charge on any atom is -0.508 e. The van der Waals surface area contributed by atoms with E-state index in [1.54, 1.807) is 18.2 Å². The summed E-state index contributed by atoms with van der Waals surface area (Å²) in [5.41, 5.74) is 12.1. The second-order valence-corrected chi connectivity index (χ2v) is 6.45. The third-order valence-corrected chi connectivity index (χ3v) is 5.03. The Hall–Kier alpha value is -3.11. The van der Waals surface area contributed by atoms with E-state index in [9.17, 15) is 5.11 Å². The fraction of sp³-hybridized carbons (Fsp3) is 0. The van der Waals surface area contributed by atoms with E-state index in [1.165, 1.54) is 0 Å². The fourth-order valence-corrected chi connectivity index (χ4v) is 3.70. The number of benzene rings is 3. The molecule has 0 aromatic heterocycles. The molecule has 0 bridgehead atoms. The van der Waals surface area contributed by atoms with Crippen LogP contribution in [0.15, 0.2) is 52.4 Å². The summed E-state index contributed by atoms with van der Waals surface area (Å²) in [5, 5.41) is 12.2. The number of phenols is 1. The van der Waals surface area contributed by atoms with Crippen LogP contribution in [0.4, 0.5) is 11.4 Å².